The van der Waals surface area contributed by atoms with E-state index in [1.54, 1.807) is 32.5 Å². The molecule has 2 saturated carbocycles. The molecule has 1 aliphatic heterocycles. The van der Waals surface area contributed by atoms with E-state index in [2.05, 4.69) is 9.97 Å². The van der Waals surface area contributed by atoms with Crippen LogP contribution in [-0.2, 0) is 26.5 Å². The average molecular weight is 547 g/mol. The maximum absolute atomic E-state index is 13.6. The Morgan fingerprint density at radius 2 is 1.82 bits per heavy atom. The molecule has 1 amide bonds. The van der Waals surface area contributed by atoms with E-state index in [0.717, 1.165) is 72.4 Å². The van der Waals surface area contributed by atoms with Crippen molar-refractivity contribution >= 4 is 21.4 Å². The minimum Gasteiger partial charge on any atom is -0.480 e. The van der Waals surface area contributed by atoms with Gasteiger partial charge in [0.2, 0.25) is 11.8 Å². The fraction of sp³-hybridized carbons (Fsp3) is 0.467. The number of sulfone groups is 1. The third-order valence-electron chi connectivity index (χ3n) is 8.53. The number of amides is 1. The summed E-state index contributed by atoms with van der Waals surface area (Å²) in [4.78, 5) is 30.0. The SMILES string of the molecule is CCS(=O)(=O)c1ccc(CCC(=O)N2CC3(CCCC3)c3nc(-c4c(OC)ncnc4C4CC4)ccc32)cc1. The van der Waals surface area contributed by atoms with Crippen LogP contribution < -0.4 is 9.64 Å². The van der Waals surface area contributed by atoms with Crippen LogP contribution in [0.25, 0.3) is 11.3 Å². The van der Waals surface area contributed by atoms with E-state index in [1.807, 2.05) is 29.2 Å². The third-order valence-corrected chi connectivity index (χ3v) is 10.3. The first-order chi connectivity index (χ1) is 18.8. The van der Waals surface area contributed by atoms with Crippen LogP contribution in [0.2, 0.25) is 0 Å². The monoisotopic (exact) mass is 546 g/mol. The summed E-state index contributed by atoms with van der Waals surface area (Å²) < 4.78 is 29.9. The maximum Gasteiger partial charge on any atom is 0.227 e. The Balaban J connectivity index is 1.28. The number of aromatic nitrogens is 3. The number of hydrogen-bond acceptors (Lipinski definition) is 7. The summed E-state index contributed by atoms with van der Waals surface area (Å²) >= 11 is 0. The molecule has 2 aliphatic carbocycles. The number of methoxy groups -OCH3 is 1. The van der Waals surface area contributed by atoms with Gasteiger partial charge in [-0.1, -0.05) is 31.9 Å². The number of pyridine rings is 1. The van der Waals surface area contributed by atoms with Crippen molar-refractivity contribution in [2.45, 2.75) is 74.5 Å². The first-order valence-corrected chi connectivity index (χ1v) is 15.5. The van der Waals surface area contributed by atoms with Crippen molar-refractivity contribution in [3.05, 3.63) is 59.7 Å². The van der Waals surface area contributed by atoms with Crippen LogP contribution in [0.3, 0.4) is 0 Å². The van der Waals surface area contributed by atoms with Gasteiger partial charge in [-0.2, -0.15) is 0 Å². The summed E-state index contributed by atoms with van der Waals surface area (Å²) in [6, 6.07) is 10.9. The van der Waals surface area contributed by atoms with E-state index in [0.29, 0.717) is 36.1 Å². The van der Waals surface area contributed by atoms with Crippen molar-refractivity contribution in [1.82, 2.24) is 15.0 Å². The number of ether oxygens (including phenoxy) is 1. The standard InChI is InChI=1S/C30H34N4O4S/c1-3-39(36,37)22-11-6-20(7-12-22)8-15-25(35)34-18-30(16-4-5-17-30)28-24(34)14-13-23(33-28)26-27(21-9-10-21)31-19-32-29(26)38-2/h6-7,11-14,19,21H,3-5,8-10,15-18H2,1-2H3. The first-order valence-electron chi connectivity index (χ1n) is 13.9. The molecule has 0 unspecified atom stereocenters. The van der Waals surface area contributed by atoms with Crippen LogP contribution in [0.1, 0.15) is 74.7 Å². The molecule has 39 heavy (non-hydrogen) atoms. The summed E-state index contributed by atoms with van der Waals surface area (Å²) in [5, 5.41) is 0. The first kappa shape index (κ1) is 25.9. The Kier molecular flexibility index (Phi) is 6.65. The molecule has 2 fully saturated rings. The van der Waals surface area contributed by atoms with Crippen molar-refractivity contribution in [2.24, 2.45) is 0 Å². The molecule has 0 saturated heterocycles. The Hall–Kier alpha value is -3.33. The van der Waals surface area contributed by atoms with Gasteiger partial charge in [-0.05, 0) is 61.9 Å². The van der Waals surface area contributed by atoms with Gasteiger partial charge in [-0.25, -0.2) is 23.4 Å². The van der Waals surface area contributed by atoms with E-state index in [-0.39, 0.29) is 17.1 Å². The zero-order chi connectivity index (χ0) is 27.2. The molecule has 3 heterocycles. The van der Waals surface area contributed by atoms with Gasteiger partial charge in [0, 0.05) is 24.3 Å². The lowest BCUT2D eigenvalue weighted by Crippen LogP contribution is -2.35. The molecule has 0 N–H and O–H groups in total. The van der Waals surface area contributed by atoms with Gasteiger partial charge in [0.15, 0.2) is 9.84 Å². The molecule has 6 rings (SSSR count). The van der Waals surface area contributed by atoms with Crippen LogP contribution >= 0.6 is 0 Å². The molecular weight excluding hydrogens is 512 g/mol. The van der Waals surface area contributed by atoms with Crippen LogP contribution in [0.5, 0.6) is 5.88 Å². The van der Waals surface area contributed by atoms with Crippen molar-refractivity contribution in [3.63, 3.8) is 0 Å². The zero-order valence-electron chi connectivity index (χ0n) is 22.5. The number of carbonyl (C=O) groups excluding carboxylic acids is 1. The normalized spacial score (nSPS) is 17.9. The third kappa shape index (κ3) is 4.71. The van der Waals surface area contributed by atoms with Crippen molar-refractivity contribution in [3.8, 4) is 17.1 Å². The summed E-state index contributed by atoms with van der Waals surface area (Å²) in [5.74, 6) is 1.10. The summed E-state index contributed by atoms with van der Waals surface area (Å²) in [5.41, 5.74) is 5.42. The molecule has 0 radical (unpaired) electrons. The van der Waals surface area contributed by atoms with Gasteiger partial charge in [-0.15, -0.1) is 0 Å². The number of nitrogens with zero attached hydrogens (tertiary/aromatic N) is 4. The lowest BCUT2D eigenvalue weighted by Gasteiger charge is -2.24. The fourth-order valence-corrected chi connectivity index (χ4v) is 7.08. The molecule has 0 bridgehead atoms. The number of rotatable bonds is 8. The quantitative estimate of drug-likeness (QED) is 0.391. The van der Waals surface area contributed by atoms with E-state index < -0.39 is 9.84 Å². The van der Waals surface area contributed by atoms with Crippen LogP contribution in [0.15, 0.2) is 47.6 Å². The fourth-order valence-electron chi connectivity index (χ4n) is 6.19. The highest BCUT2D eigenvalue weighted by molar-refractivity contribution is 7.91. The van der Waals surface area contributed by atoms with Gasteiger partial charge in [-0.3, -0.25) is 4.79 Å². The Labute approximate surface area is 229 Å². The molecular formula is C30H34N4O4S. The molecule has 3 aliphatic rings. The maximum atomic E-state index is 13.6. The number of aryl methyl sites for hydroxylation is 1. The van der Waals surface area contributed by atoms with E-state index in [1.165, 1.54) is 0 Å². The Morgan fingerprint density at radius 1 is 1.08 bits per heavy atom. The minimum atomic E-state index is -3.24. The predicted molar refractivity (Wildman–Crippen MR) is 149 cm³/mol. The smallest absolute Gasteiger partial charge is 0.227 e. The Bertz CT molecular complexity index is 1510. The molecule has 1 spiro atoms. The molecule has 9 heteroatoms. The highest BCUT2D eigenvalue weighted by atomic mass is 32.2. The van der Waals surface area contributed by atoms with Crippen molar-refractivity contribution in [2.75, 3.05) is 24.3 Å². The van der Waals surface area contributed by atoms with Crippen molar-refractivity contribution in [1.29, 1.82) is 0 Å². The van der Waals surface area contributed by atoms with E-state index >= 15 is 0 Å². The van der Waals surface area contributed by atoms with Crippen LogP contribution in [0, 0.1) is 0 Å². The van der Waals surface area contributed by atoms with E-state index in [9.17, 15) is 13.2 Å². The summed E-state index contributed by atoms with van der Waals surface area (Å²) in [6.07, 6.45) is 9.00. The van der Waals surface area contributed by atoms with Crippen LogP contribution in [-0.4, -0.2) is 48.7 Å². The molecule has 0 atom stereocenters. The second-order valence-electron chi connectivity index (χ2n) is 11.0. The number of carbonyl (C=O) groups is 1. The highest BCUT2D eigenvalue weighted by Gasteiger charge is 2.48. The second-order valence-corrected chi connectivity index (χ2v) is 13.3. The lowest BCUT2D eigenvalue weighted by molar-refractivity contribution is -0.118. The topological polar surface area (TPSA) is 102 Å². The second kappa shape index (κ2) is 10.0. The molecule has 8 nitrogen and oxygen atoms in total. The van der Waals surface area contributed by atoms with Gasteiger partial charge in [0.05, 0.1) is 46.1 Å². The van der Waals surface area contributed by atoms with Gasteiger partial charge in [0.25, 0.3) is 0 Å². The van der Waals surface area contributed by atoms with Crippen molar-refractivity contribution < 1.29 is 17.9 Å². The number of hydrogen-bond donors (Lipinski definition) is 0. The summed E-state index contributed by atoms with van der Waals surface area (Å²) in [7, 11) is -1.61. The Morgan fingerprint density at radius 3 is 2.49 bits per heavy atom. The van der Waals surface area contributed by atoms with Gasteiger partial charge in [0.1, 0.15) is 6.33 Å². The highest BCUT2D eigenvalue weighted by Crippen LogP contribution is 2.51. The van der Waals surface area contributed by atoms with E-state index in [4.69, 9.17) is 9.72 Å². The largest absolute Gasteiger partial charge is 0.480 e. The average Bonchev–Trinajstić information content (AvgIpc) is 3.63. The van der Waals surface area contributed by atoms with Gasteiger partial charge < -0.3 is 9.64 Å². The number of anilines is 1. The predicted octanol–water partition coefficient (Wildman–Crippen LogP) is 5.01. The minimum absolute atomic E-state index is 0.0686. The molecule has 2 aromatic heterocycles. The lowest BCUT2D eigenvalue weighted by atomic mass is 9.84. The number of benzene rings is 1. The van der Waals surface area contributed by atoms with Crippen LogP contribution in [0.4, 0.5) is 5.69 Å². The molecule has 3 aromatic rings. The molecule has 204 valence electrons. The summed E-state index contributed by atoms with van der Waals surface area (Å²) in [6.45, 7) is 2.30. The molecule has 1 aromatic carbocycles. The zero-order valence-corrected chi connectivity index (χ0v) is 23.3. The van der Waals surface area contributed by atoms with Gasteiger partial charge >= 0.3 is 0 Å². The number of fused-ring (bicyclic) bond motifs is 2.